The Morgan fingerprint density at radius 2 is 1.92 bits per heavy atom. The van der Waals surface area contributed by atoms with Crippen LogP contribution in [0, 0.1) is 6.57 Å². The molecule has 0 aliphatic rings. The second-order valence-corrected chi connectivity index (χ2v) is 5.04. The quantitative estimate of drug-likeness (QED) is 0.737. The normalized spacial score (nSPS) is 10.8. The lowest BCUT2D eigenvalue weighted by molar-refractivity contribution is 0.0568. The molecule has 0 aliphatic carbocycles. The van der Waals surface area contributed by atoms with Crippen LogP contribution in [-0.2, 0) is 6.54 Å². The fourth-order valence-electron chi connectivity index (χ4n) is 2.35. The van der Waals surface area contributed by atoms with E-state index in [1.54, 1.807) is 18.3 Å². The molecule has 3 aromatic rings. The number of halogens is 2. The fraction of sp³-hybridized carbons (Fsp3) is 0.118. The molecule has 0 bridgehead atoms. The lowest BCUT2D eigenvalue weighted by Gasteiger charge is -2.08. The first-order chi connectivity index (χ1) is 11.6. The third-order valence-corrected chi connectivity index (χ3v) is 3.58. The Hall–Kier alpha value is -3.11. The Morgan fingerprint density at radius 3 is 2.50 bits per heavy atom. The number of alkyl halides is 2. The second kappa shape index (κ2) is 6.56. The van der Waals surface area contributed by atoms with E-state index >= 15 is 0 Å². The van der Waals surface area contributed by atoms with Gasteiger partial charge in [0.25, 0.3) is 0 Å². The van der Waals surface area contributed by atoms with Gasteiger partial charge < -0.3 is 5.73 Å². The summed E-state index contributed by atoms with van der Waals surface area (Å²) in [6, 6.07) is 10.4. The van der Waals surface area contributed by atoms with Gasteiger partial charge in [0.2, 0.25) is 0 Å². The summed E-state index contributed by atoms with van der Waals surface area (Å²) in [6.45, 7) is 4.46. The molecule has 0 fully saturated rings. The molecule has 0 aliphatic heterocycles. The smallest absolute Gasteiger partial charge is 0.325 e. The second-order valence-electron chi connectivity index (χ2n) is 5.04. The zero-order chi connectivity index (χ0) is 17.1. The standard InChI is InChI=1S/C17H13F2N5/c1-21-13-4-2-11(3-5-13)12-8-14(16(9-20)22-10-12)15-6-7-24(23-15)17(18)19/h2-8,10,17H,9,20H2. The number of hydrogen-bond donors (Lipinski definition) is 1. The Bertz CT molecular complexity index is 894. The Kier molecular flexibility index (Phi) is 4.31. The summed E-state index contributed by atoms with van der Waals surface area (Å²) in [5.74, 6) is 0. The van der Waals surface area contributed by atoms with Crippen LogP contribution in [0.2, 0.25) is 0 Å². The molecule has 0 radical (unpaired) electrons. The maximum atomic E-state index is 12.7. The van der Waals surface area contributed by atoms with Crippen LogP contribution in [0.1, 0.15) is 12.2 Å². The summed E-state index contributed by atoms with van der Waals surface area (Å²) in [4.78, 5) is 7.68. The molecule has 3 rings (SSSR count). The number of hydrogen-bond acceptors (Lipinski definition) is 3. The monoisotopic (exact) mass is 325 g/mol. The highest BCUT2D eigenvalue weighted by Gasteiger charge is 2.13. The molecule has 0 saturated heterocycles. The fourth-order valence-corrected chi connectivity index (χ4v) is 2.35. The largest absolute Gasteiger partial charge is 0.333 e. The third kappa shape index (κ3) is 3.00. The van der Waals surface area contributed by atoms with Gasteiger partial charge in [0, 0.05) is 30.1 Å². The number of nitrogens with zero attached hydrogens (tertiary/aromatic N) is 4. The number of benzene rings is 1. The molecular formula is C17H13F2N5. The maximum absolute atomic E-state index is 12.7. The van der Waals surface area contributed by atoms with Crippen molar-refractivity contribution in [1.29, 1.82) is 0 Å². The van der Waals surface area contributed by atoms with Crippen LogP contribution in [0.25, 0.3) is 27.2 Å². The minimum Gasteiger partial charge on any atom is -0.325 e. The molecule has 7 heteroatoms. The van der Waals surface area contributed by atoms with Crippen molar-refractivity contribution in [2.45, 2.75) is 13.1 Å². The zero-order valence-electron chi connectivity index (χ0n) is 12.5. The number of nitrogens with two attached hydrogens (primary N) is 1. The number of pyridine rings is 1. The number of rotatable bonds is 4. The molecule has 0 spiro atoms. The average Bonchev–Trinajstić information content (AvgIpc) is 3.11. The van der Waals surface area contributed by atoms with Gasteiger partial charge in [0.15, 0.2) is 5.69 Å². The van der Waals surface area contributed by atoms with Crippen molar-refractivity contribution in [3.05, 3.63) is 65.9 Å². The van der Waals surface area contributed by atoms with E-state index in [2.05, 4.69) is 14.9 Å². The van der Waals surface area contributed by atoms with Crippen molar-refractivity contribution >= 4 is 5.69 Å². The van der Waals surface area contributed by atoms with E-state index in [9.17, 15) is 8.78 Å². The minimum absolute atomic E-state index is 0.174. The van der Waals surface area contributed by atoms with Gasteiger partial charge >= 0.3 is 6.55 Å². The third-order valence-electron chi connectivity index (χ3n) is 3.58. The summed E-state index contributed by atoms with van der Waals surface area (Å²) in [6.07, 6.45) is 2.89. The van der Waals surface area contributed by atoms with Gasteiger partial charge in [-0.25, -0.2) is 9.53 Å². The van der Waals surface area contributed by atoms with E-state index in [0.29, 0.717) is 27.3 Å². The SMILES string of the molecule is [C-]#[N+]c1ccc(-c2cnc(CN)c(-c3ccn(C(F)F)n3)c2)cc1. The van der Waals surface area contributed by atoms with E-state index in [4.69, 9.17) is 12.3 Å². The van der Waals surface area contributed by atoms with Crippen molar-refractivity contribution in [1.82, 2.24) is 14.8 Å². The predicted octanol–water partition coefficient (Wildman–Crippen LogP) is 4.02. The highest BCUT2D eigenvalue weighted by atomic mass is 19.3. The molecule has 1 aromatic carbocycles. The first kappa shape index (κ1) is 15.8. The van der Waals surface area contributed by atoms with Crippen LogP contribution in [0.4, 0.5) is 14.5 Å². The van der Waals surface area contributed by atoms with Gasteiger partial charge in [-0.05, 0) is 17.7 Å². The zero-order valence-corrected chi connectivity index (χ0v) is 12.5. The molecule has 2 aromatic heterocycles. The minimum atomic E-state index is -2.70. The molecule has 0 atom stereocenters. The molecule has 120 valence electrons. The van der Waals surface area contributed by atoms with E-state index < -0.39 is 6.55 Å². The van der Waals surface area contributed by atoms with Gasteiger partial charge in [0.1, 0.15) is 0 Å². The molecule has 0 unspecified atom stereocenters. The van der Waals surface area contributed by atoms with Crippen LogP contribution in [0.5, 0.6) is 0 Å². The van der Waals surface area contributed by atoms with Crippen LogP contribution in [0.15, 0.2) is 48.8 Å². The van der Waals surface area contributed by atoms with Crippen LogP contribution < -0.4 is 5.73 Å². The van der Waals surface area contributed by atoms with E-state index in [0.717, 1.165) is 11.1 Å². The molecule has 24 heavy (non-hydrogen) atoms. The topological polar surface area (TPSA) is 61.1 Å². The van der Waals surface area contributed by atoms with Gasteiger partial charge in [0.05, 0.1) is 18.0 Å². The van der Waals surface area contributed by atoms with Gasteiger partial charge in [-0.1, -0.05) is 24.3 Å². The van der Waals surface area contributed by atoms with E-state index in [1.807, 2.05) is 18.2 Å². The van der Waals surface area contributed by atoms with E-state index in [1.165, 1.54) is 12.3 Å². The van der Waals surface area contributed by atoms with Crippen LogP contribution in [-0.4, -0.2) is 14.8 Å². The van der Waals surface area contributed by atoms with Crippen molar-refractivity contribution in [2.24, 2.45) is 5.73 Å². The summed E-state index contributed by atoms with van der Waals surface area (Å²) in [7, 11) is 0. The average molecular weight is 325 g/mol. The van der Waals surface area contributed by atoms with E-state index in [-0.39, 0.29) is 6.54 Å². The lowest BCUT2D eigenvalue weighted by Crippen LogP contribution is -2.04. The van der Waals surface area contributed by atoms with Crippen molar-refractivity contribution in [3.8, 4) is 22.4 Å². The van der Waals surface area contributed by atoms with Crippen molar-refractivity contribution < 1.29 is 8.78 Å². The van der Waals surface area contributed by atoms with Gasteiger partial charge in [-0.3, -0.25) is 4.98 Å². The first-order valence-electron chi connectivity index (χ1n) is 7.13. The molecule has 5 nitrogen and oxygen atoms in total. The molecule has 0 saturated carbocycles. The highest BCUT2D eigenvalue weighted by molar-refractivity contribution is 5.73. The highest BCUT2D eigenvalue weighted by Crippen LogP contribution is 2.29. The molecular weight excluding hydrogens is 312 g/mol. The lowest BCUT2D eigenvalue weighted by atomic mass is 10.0. The van der Waals surface area contributed by atoms with Crippen molar-refractivity contribution in [3.63, 3.8) is 0 Å². The molecule has 0 amide bonds. The van der Waals surface area contributed by atoms with Crippen LogP contribution >= 0.6 is 0 Å². The Morgan fingerprint density at radius 1 is 1.17 bits per heavy atom. The molecule has 2 heterocycles. The summed E-state index contributed by atoms with van der Waals surface area (Å²) < 4.78 is 26.1. The Labute approximate surface area is 137 Å². The first-order valence-corrected chi connectivity index (χ1v) is 7.13. The maximum Gasteiger partial charge on any atom is 0.333 e. The predicted molar refractivity (Wildman–Crippen MR) is 86.3 cm³/mol. The van der Waals surface area contributed by atoms with Gasteiger partial charge in [-0.15, -0.1) is 0 Å². The van der Waals surface area contributed by atoms with Gasteiger partial charge in [-0.2, -0.15) is 13.9 Å². The number of aromatic nitrogens is 3. The Balaban J connectivity index is 2.05. The van der Waals surface area contributed by atoms with Crippen LogP contribution in [0.3, 0.4) is 0 Å². The summed E-state index contributed by atoms with van der Waals surface area (Å²) >= 11 is 0. The van der Waals surface area contributed by atoms with Crippen molar-refractivity contribution in [2.75, 3.05) is 0 Å². The molecule has 2 N–H and O–H groups in total. The summed E-state index contributed by atoms with van der Waals surface area (Å²) in [5.41, 5.74) is 9.50. The summed E-state index contributed by atoms with van der Waals surface area (Å²) in [5, 5.41) is 3.88.